The highest BCUT2D eigenvalue weighted by molar-refractivity contribution is 6.40. The molecule has 0 spiro atoms. The molecule has 1 aliphatic heterocycles. The highest BCUT2D eigenvalue weighted by atomic mass is 16.4. The van der Waals surface area contributed by atoms with E-state index in [1.54, 1.807) is 6.92 Å². The Balaban J connectivity index is 0.000000325. The number of Topliss-reactive ketones (excluding diaryl/α,β-unsaturated/α-hetero) is 1. The molecule has 16 heavy (non-hydrogen) atoms. The maximum Gasteiger partial charge on any atom is 0.414 e. The summed E-state index contributed by atoms with van der Waals surface area (Å²) in [5.74, 6) is -3.48. The van der Waals surface area contributed by atoms with Gasteiger partial charge in [0.1, 0.15) is 0 Å². The number of carbonyl (C=O) groups excluding carboxylic acids is 1. The molecule has 1 rings (SSSR count). The molecule has 1 heterocycles. The van der Waals surface area contributed by atoms with E-state index in [9.17, 15) is 4.79 Å². The third-order valence-corrected chi connectivity index (χ3v) is 1.79. The zero-order chi connectivity index (χ0) is 12.9. The second kappa shape index (κ2) is 5.79. The van der Waals surface area contributed by atoms with Crippen LogP contribution < -0.4 is 0 Å². The summed E-state index contributed by atoms with van der Waals surface area (Å²) in [5, 5.41) is 14.8. The Morgan fingerprint density at radius 1 is 1.25 bits per heavy atom. The normalized spacial score (nSPS) is 18.9. The second-order valence-corrected chi connectivity index (χ2v) is 3.27. The van der Waals surface area contributed by atoms with Crippen molar-refractivity contribution in [2.24, 2.45) is 10.9 Å². The van der Waals surface area contributed by atoms with E-state index in [-0.39, 0.29) is 11.7 Å². The van der Waals surface area contributed by atoms with Crippen molar-refractivity contribution in [1.82, 2.24) is 0 Å². The van der Waals surface area contributed by atoms with Crippen LogP contribution in [0, 0.1) is 5.92 Å². The molecule has 6 nitrogen and oxygen atoms in total. The number of carboxylic acid groups (broad SMARTS) is 2. The Morgan fingerprint density at radius 3 is 2.00 bits per heavy atom. The molecular formula is C10H13NO5. The molecule has 0 aromatic heterocycles. The Labute approximate surface area is 92.3 Å². The van der Waals surface area contributed by atoms with Gasteiger partial charge in [-0.2, -0.15) is 0 Å². The number of aliphatic carboxylic acids is 2. The molecule has 0 aromatic carbocycles. The maximum atomic E-state index is 11.1. The lowest BCUT2D eigenvalue weighted by Crippen LogP contribution is -2.20. The summed E-state index contributed by atoms with van der Waals surface area (Å²) < 4.78 is 0. The molecule has 1 aliphatic rings. The fraction of sp³-hybridized carbons (Fsp3) is 0.400. The topological polar surface area (TPSA) is 104 Å². The average molecular weight is 227 g/mol. The number of rotatable bonds is 0. The number of hydrogen-bond donors (Lipinski definition) is 2. The van der Waals surface area contributed by atoms with Gasteiger partial charge < -0.3 is 10.2 Å². The Kier molecular flexibility index (Phi) is 5.08. The minimum Gasteiger partial charge on any atom is -0.473 e. The molecule has 0 radical (unpaired) electrons. The van der Waals surface area contributed by atoms with E-state index in [1.807, 2.05) is 19.9 Å². The quantitative estimate of drug-likeness (QED) is 0.593. The SMILES string of the molecule is CC1=CC(C)C(=O)C(C)=N1.O=C(O)C(=O)O. The lowest BCUT2D eigenvalue weighted by atomic mass is 9.99. The zero-order valence-electron chi connectivity index (χ0n) is 9.22. The fourth-order valence-electron chi connectivity index (χ4n) is 1.12. The van der Waals surface area contributed by atoms with Crippen molar-refractivity contribution < 1.29 is 24.6 Å². The van der Waals surface area contributed by atoms with Crippen molar-refractivity contribution in [3.8, 4) is 0 Å². The molecule has 6 heteroatoms. The number of nitrogens with zero attached hydrogens (tertiary/aromatic N) is 1. The fourth-order valence-corrected chi connectivity index (χ4v) is 1.12. The van der Waals surface area contributed by atoms with Gasteiger partial charge in [0, 0.05) is 11.6 Å². The molecule has 1 unspecified atom stereocenters. The van der Waals surface area contributed by atoms with E-state index in [4.69, 9.17) is 19.8 Å². The summed E-state index contributed by atoms with van der Waals surface area (Å²) in [6.45, 7) is 5.56. The summed E-state index contributed by atoms with van der Waals surface area (Å²) in [4.78, 5) is 33.3. The summed E-state index contributed by atoms with van der Waals surface area (Å²) in [6.07, 6.45) is 1.88. The van der Waals surface area contributed by atoms with E-state index in [2.05, 4.69) is 4.99 Å². The first-order chi connectivity index (χ1) is 7.25. The zero-order valence-corrected chi connectivity index (χ0v) is 9.22. The van der Waals surface area contributed by atoms with Crippen LogP contribution in [0.1, 0.15) is 20.8 Å². The van der Waals surface area contributed by atoms with Gasteiger partial charge in [-0.1, -0.05) is 13.0 Å². The van der Waals surface area contributed by atoms with Gasteiger partial charge in [0.25, 0.3) is 0 Å². The minimum atomic E-state index is -1.82. The van der Waals surface area contributed by atoms with E-state index < -0.39 is 11.9 Å². The van der Waals surface area contributed by atoms with Crippen LogP contribution >= 0.6 is 0 Å². The van der Waals surface area contributed by atoms with E-state index in [0.717, 1.165) is 5.70 Å². The van der Waals surface area contributed by atoms with Crippen LogP contribution in [0.15, 0.2) is 16.8 Å². The molecule has 1 atom stereocenters. The predicted molar refractivity (Wildman–Crippen MR) is 56.3 cm³/mol. The third kappa shape index (κ3) is 4.50. The van der Waals surface area contributed by atoms with Crippen molar-refractivity contribution in [3.05, 3.63) is 11.8 Å². The molecule has 0 bridgehead atoms. The molecule has 0 aliphatic carbocycles. The maximum absolute atomic E-state index is 11.1. The molecule has 0 aromatic rings. The third-order valence-electron chi connectivity index (χ3n) is 1.79. The smallest absolute Gasteiger partial charge is 0.414 e. The monoisotopic (exact) mass is 227 g/mol. The van der Waals surface area contributed by atoms with E-state index in [1.165, 1.54) is 0 Å². The van der Waals surface area contributed by atoms with Crippen LogP contribution in [0.5, 0.6) is 0 Å². The van der Waals surface area contributed by atoms with Crippen LogP contribution in [0.2, 0.25) is 0 Å². The summed E-state index contributed by atoms with van der Waals surface area (Å²) in [5.41, 5.74) is 1.58. The van der Waals surface area contributed by atoms with Crippen molar-refractivity contribution in [2.75, 3.05) is 0 Å². The second-order valence-electron chi connectivity index (χ2n) is 3.27. The number of carboxylic acids is 2. The van der Waals surface area contributed by atoms with Crippen molar-refractivity contribution in [3.63, 3.8) is 0 Å². The van der Waals surface area contributed by atoms with Crippen LogP contribution in [-0.4, -0.2) is 33.6 Å². The first-order valence-corrected chi connectivity index (χ1v) is 4.49. The van der Waals surface area contributed by atoms with Crippen molar-refractivity contribution in [1.29, 1.82) is 0 Å². The Hall–Kier alpha value is -1.98. The highest BCUT2D eigenvalue weighted by Crippen LogP contribution is 2.12. The van der Waals surface area contributed by atoms with Crippen LogP contribution in [0.3, 0.4) is 0 Å². The van der Waals surface area contributed by atoms with Gasteiger partial charge in [0.2, 0.25) is 0 Å². The van der Waals surface area contributed by atoms with E-state index >= 15 is 0 Å². The first kappa shape index (κ1) is 14.0. The van der Waals surface area contributed by atoms with Crippen LogP contribution in [0.4, 0.5) is 0 Å². The average Bonchev–Trinajstić information content (AvgIpc) is 2.14. The molecule has 0 fully saturated rings. The predicted octanol–water partition coefficient (Wildman–Crippen LogP) is 0.725. The summed E-state index contributed by atoms with van der Waals surface area (Å²) >= 11 is 0. The Morgan fingerprint density at radius 2 is 1.69 bits per heavy atom. The standard InChI is InChI=1S/C8H11NO.C2H2O4/c1-5-4-6(2)9-7(3)8(5)10;3-1(4)2(5)6/h4-5H,1-3H3;(H,3,4)(H,5,6). The minimum absolute atomic E-state index is 0.0255. The van der Waals surface area contributed by atoms with Gasteiger partial charge in [-0.05, 0) is 13.8 Å². The van der Waals surface area contributed by atoms with Crippen molar-refractivity contribution in [2.45, 2.75) is 20.8 Å². The van der Waals surface area contributed by atoms with Gasteiger partial charge >= 0.3 is 11.9 Å². The molecule has 0 saturated carbocycles. The molecule has 0 amide bonds. The summed E-state index contributed by atoms with van der Waals surface area (Å²) in [7, 11) is 0. The van der Waals surface area contributed by atoms with Crippen LogP contribution in [-0.2, 0) is 14.4 Å². The van der Waals surface area contributed by atoms with Gasteiger partial charge in [0.15, 0.2) is 5.78 Å². The van der Waals surface area contributed by atoms with Gasteiger partial charge in [-0.25, -0.2) is 9.59 Å². The number of aliphatic imine (C=N–C) groups is 1. The molecular weight excluding hydrogens is 214 g/mol. The van der Waals surface area contributed by atoms with E-state index in [0.29, 0.717) is 5.71 Å². The number of allylic oxidation sites excluding steroid dienone is 2. The van der Waals surface area contributed by atoms with Gasteiger partial charge in [-0.3, -0.25) is 9.79 Å². The number of hydrogen-bond acceptors (Lipinski definition) is 4. The van der Waals surface area contributed by atoms with Gasteiger partial charge in [-0.15, -0.1) is 0 Å². The molecule has 0 saturated heterocycles. The Bertz CT molecular complexity index is 369. The summed E-state index contributed by atoms with van der Waals surface area (Å²) in [6, 6.07) is 0. The van der Waals surface area contributed by atoms with Gasteiger partial charge in [0.05, 0.1) is 5.71 Å². The van der Waals surface area contributed by atoms with Crippen LogP contribution in [0.25, 0.3) is 0 Å². The largest absolute Gasteiger partial charge is 0.473 e. The highest BCUT2D eigenvalue weighted by Gasteiger charge is 2.17. The molecule has 2 N–H and O–H groups in total. The lowest BCUT2D eigenvalue weighted by molar-refractivity contribution is -0.159. The number of carbonyl (C=O) groups is 3. The first-order valence-electron chi connectivity index (χ1n) is 4.49. The lowest BCUT2D eigenvalue weighted by Gasteiger charge is -2.10. The van der Waals surface area contributed by atoms with Crippen molar-refractivity contribution >= 4 is 23.4 Å². The number of ketones is 1. The molecule has 88 valence electrons.